The minimum atomic E-state index is -0.116. The van der Waals surface area contributed by atoms with Crippen molar-refractivity contribution in [3.63, 3.8) is 0 Å². The highest BCUT2D eigenvalue weighted by Gasteiger charge is 2.06. The normalized spacial score (nSPS) is 9.81. The van der Waals surface area contributed by atoms with Crippen LogP contribution in [0.25, 0.3) is 0 Å². The number of nitrogens with two attached hydrogens (primary N) is 1. The average molecular weight is 303 g/mol. The van der Waals surface area contributed by atoms with E-state index in [0.29, 0.717) is 23.7 Å². The first-order chi connectivity index (χ1) is 10.2. The highest BCUT2D eigenvalue weighted by atomic mass is 35.5. The predicted octanol–water partition coefficient (Wildman–Crippen LogP) is 1.88. The Morgan fingerprint density at radius 2 is 2.33 bits per heavy atom. The molecule has 108 valence electrons. The molecule has 0 radical (unpaired) electrons. The summed E-state index contributed by atoms with van der Waals surface area (Å²) in [7, 11) is 0. The average Bonchev–Trinajstić information content (AvgIpc) is 2.99. The van der Waals surface area contributed by atoms with Gasteiger partial charge in [-0.1, -0.05) is 23.4 Å². The van der Waals surface area contributed by atoms with Crippen molar-refractivity contribution >= 4 is 23.2 Å². The lowest BCUT2D eigenvalue weighted by molar-refractivity contribution is -0.116. The summed E-state index contributed by atoms with van der Waals surface area (Å²) in [6, 6.07) is 5.22. The molecule has 0 bridgehead atoms. The Labute approximate surface area is 128 Å². The first kappa shape index (κ1) is 15.1. The second-order valence-electron chi connectivity index (χ2n) is 4.30. The molecule has 21 heavy (non-hydrogen) atoms. The molecule has 0 unspecified atom stereocenters. The van der Waals surface area contributed by atoms with E-state index < -0.39 is 0 Å². The standard InChI is InChI=1S/C15H15ClN4O/c16-13-4-3-12(2-1-6-17)10-14(13)19-15(21)5-8-20-9-7-18-11-20/h3-4,7,9-11H,5-6,8,17H2,(H,19,21). The van der Waals surface area contributed by atoms with Crippen molar-refractivity contribution in [3.8, 4) is 11.8 Å². The van der Waals surface area contributed by atoms with Crippen LogP contribution < -0.4 is 11.1 Å². The molecule has 0 aliphatic rings. The molecule has 1 aromatic heterocycles. The van der Waals surface area contributed by atoms with Gasteiger partial charge in [-0.25, -0.2) is 4.98 Å². The predicted molar refractivity (Wildman–Crippen MR) is 82.9 cm³/mol. The maximum absolute atomic E-state index is 11.9. The third-order valence-corrected chi connectivity index (χ3v) is 3.06. The number of hydrogen-bond donors (Lipinski definition) is 2. The number of rotatable bonds is 4. The van der Waals surface area contributed by atoms with Gasteiger partial charge in [0, 0.05) is 30.9 Å². The number of nitrogens with zero attached hydrogens (tertiary/aromatic N) is 2. The topological polar surface area (TPSA) is 72.9 Å². The van der Waals surface area contributed by atoms with Gasteiger partial charge in [0.1, 0.15) is 0 Å². The zero-order valence-corrected chi connectivity index (χ0v) is 12.1. The Bertz CT molecular complexity index is 671. The molecule has 0 saturated carbocycles. The maximum Gasteiger partial charge on any atom is 0.226 e. The minimum absolute atomic E-state index is 0.116. The molecule has 5 nitrogen and oxygen atoms in total. The fraction of sp³-hybridized carbons (Fsp3) is 0.200. The van der Waals surface area contributed by atoms with E-state index in [2.05, 4.69) is 22.1 Å². The fourth-order valence-electron chi connectivity index (χ4n) is 1.71. The molecule has 0 spiro atoms. The monoisotopic (exact) mass is 302 g/mol. The second kappa shape index (κ2) is 7.48. The number of anilines is 1. The summed E-state index contributed by atoms with van der Waals surface area (Å²) >= 11 is 6.07. The molecule has 6 heteroatoms. The van der Waals surface area contributed by atoms with Crippen LogP contribution in [0.2, 0.25) is 5.02 Å². The molecule has 0 fully saturated rings. The molecule has 1 heterocycles. The van der Waals surface area contributed by atoms with Gasteiger partial charge in [0.2, 0.25) is 5.91 Å². The third-order valence-electron chi connectivity index (χ3n) is 2.73. The van der Waals surface area contributed by atoms with E-state index in [1.165, 1.54) is 0 Å². The zero-order chi connectivity index (χ0) is 15.1. The summed E-state index contributed by atoms with van der Waals surface area (Å²) < 4.78 is 1.84. The number of nitrogens with one attached hydrogen (secondary N) is 1. The molecule has 0 atom stereocenters. The first-order valence-electron chi connectivity index (χ1n) is 6.43. The van der Waals surface area contributed by atoms with Crippen molar-refractivity contribution in [2.45, 2.75) is 13.0 Å². The summed E-state index contributed by atoms with van der Waals surface area (Å²) in [5, 5.41) is 3.26. The fourth-order valence-corrected chi connectivity index (χ4v) is 1.88. The van der Waals surface area contributed by atoms with Gasteiger partial charge in [0.15, 0.2) is 0 Å². The summed E-state index contributed by atoms with van der Waals surface area (Å²) in [6.07, 6.45) is 5.49. The van der Waals surface area contributed by atoms with Crippen LogP contribution in [0, 0.1) is 11.8 Å². The van der Waals surface area contributed by atoms with Crippen molar-refractivity contribution in [2.75, 3.05) is 11.9 Å². The molecule has 2 rings (SSSR count). The van der Waals surface area contributed by atoms with Gasteiger partial charge in [-0.2, -0.15) is 0 Å². The number of hydrogen-bond acceptors (Lipinski definition) is 3. The summed E-state index contributed by atoms with van der Waals surface area (Å²) in [4.78, 5) is 15.8. The summed E-state index contributed by atoms with van der Waals surface area (Å²) in [6.45, 7) is 0.853. The van der Waals surface area contributed by atoms with E-state index in [1.807, 2.05) is 10.8 Å². The van der Waals surface area contributed by atoms with E-state index in [1.54, 1.807) is 30.7 Å². The number of carbonyl (C=O) groups is 1. The third kappa shape index (κ3) is 4.63. The second-order valence-corrected chi connectivity index (χ2v) is 4.71. The Kier molecular flexibility index (Phi) is 5.38. The van der Waals surface area contributed by atoms with Crippen molar-refractivity contribution < 1.29 is 4.79 Å². The van der Waals surface area contributed by atoms with Crippen LogP contribution in [0.3, 0.4) is 0 Å². The van der Waals surface area contributed by atoms with Gasteiger partial charge in [0.05, 0.1) is 23.6 Å². The SMILES string of the molecule is NCC#Cc1ccc(Cl)c(NC(=O)CCn2ccnc2)c1. The van der Waals surface area contributed by atoms with Gasteiger partial charge in [-0.15, -0.1) is 0 Å². The summed E-state index contributed by atoms with van der Waals surface area (Å²) in [5.41, 5.74) is 6.65. The molecule has 1 aromatic carbocycles. The minimum Gasteiger partial charge on any atom is -0.337 e. The van der Waals surface area contributed by atoms with Crippen molar-refractivity contribution in [1.29, 1.82) is 0 Å². The maximum atomic E-state index is 11.9. The van der Waals surface area contributed by atoms with Crippen LogP contribution in [0.5, 0.6) is 0 Å². The number of aryl methyl sites for hydroxylation is 1. The lowest BCUT2D eigenvalue weighted by Gasteiger charge is -2.08. The largest absolute Gasteiger partial charge is 0.337 e. The van der Waals surface area contributed by atoms with Gasteiger partial charge < -0.3 is 15.6 Å². The number of aromatic nitrogens is 2. The molecule has 3 N–H and O–H groups in total. The number of imidazole rings is 1. The Balaban J connectivity index is 1.99. The van der Waals surface area contributed by atoms with E-state index in [4.69, 9.17) is 17.3 Å². The molecule has 0 aliphatic heterocycles. The van der Waals surface area contributed by atoms with Crippen molar-refractivity contribution in [3.05, 3.63) is 47.5 Å². The van der Waals surface area contributed by atoms with Crippen LogP contribution in [0.1, 0.15) is 12.0 Å². The molecule has 1 amide bonds. The van der Waals surface area contributed by atoms with E-state index in [0.717, 1.165) is 5.56 Å². The van der Waals surface area contributed by atoms with E-state index >= 15 is 0 Å². The lowest BCUT2D eigenvalue weighted by atomic mass is 10.2. The number of halogens is 1. The van der Waals surface area contributed by atoms with Gasteiger partial charge in [-0.05, 0) is 18.2 Å². The molecular weight excluding hydrogens is 288 g/mol. The van der Waals surface area contributed by atoms with Crippen LogP contribution in [0.15, 0.2) is 36.9 Å². The van der Waals surface area contributed by atoms with Crippen molar-refractivity contribution in [2.24, 2.45) is 5.73 Å². The van der Waals surface area contributed by atoms with Gasteiger partial charge in [0.25, 0.3) is 0 Å². The summed E-state index contributed by atoms with van der Waals surface area (Å²) in [5.74, 6) is 5.55. The van der Waals surface area contributed by atoms with Crippen LogP contribution in [0.4, 0.5) is 5.69 Å². The van der Waals surface area contributed by atoms with Crippen LogP contribution >= 0.6 is 11.6 Å². The molecule has 0 aliphatic carbocycles. The highest BCUT2D eigenvalue weighted by Crippen LogP contribution is 2.22. The van der Waals surface area contributed by atoms with E-state index in [-0.39, 0.29) is 12.5 Å². The Morgan fingerprint density at radius 3 is 3.05 bits per heavy atom. The molecule has 0 saturated heterocycles. The Morgan fingerprint density at radius 1 is 1.48 bits per heavy atom. The molecular formula is C15H15ClN4O. The van der Waals surface area contributed by atoms with Crippen LogP contribution in [-0.4, -0.2) is 22.0 Å². The lowest BCUT2D eigenvalue weighted by Crippen LogP contribution is -2.14. The Hall–Kier alpha value is -2.29. The van der Waals surface area contributed by atoms with Crippen LogP contribution in [-0.2, 0) is 11.3 Å². The smallest absolute Gasteiger partial charge is 0.226 e. The number of carbonyl (C=O) groups excluding carboxylic acids is 1. The van der Waals surface area contributed by atoms with Gasteiger partial charge >= 0.3 is 0 Å². The zero-order valence-electron chi connectivity index (χ0n) is 11.3. The number of amides is 1. The quantitative estimate of drug-likeness (QED) is 0.847. The van der Waals surface area contributed by atoms with E-state index in [9.17, 15) is 4.79 Å². The first-order valence-corrected chi connectivity index (χ1v) is 6.81. The molecule has 2 aromatic rings. The highest BCUT2D eigenvalue weighted by molar-refractivity contribution is 6.33. The van der Waals surface area contributed by atoms with Gasteiger partial charge in [-0.3, -0.25) is 4.79 Å². The van der Waals surface area contributed by atoms with Crippen molar-refractivity contribution in [1.82, 2.24) is 9.55 Å². The number of benzene rings is 1.